The van der Waals surface area contributed by atoms with Crippen molar-refractivity contribution in [3.8, 4) is 45.5 Å². The van der Waals surface area contributed by atoms with Gasteiger partial charge in [0.1, 0.15) is 34.5 Å². The molecule has 0 unspecified atom stereocenters. The zero-order valence-corrected chi connectivity index (χ0v) is 29.4. The lowest BCUT2D eigenvalue weighted by Crippen LogP contribution is -2.09. The van der Waals surface area contributed by atoms with Crippen LogP contribution in [0.25, 0.3) is 77.3 Å². The lowest BCUT2D eigenvalue weighted by molar-refractivity contribution is 0.669. The zero-order chi connectivity index (χ0) is 36.9. The Balaban J connectivity index is 1.06. The standard InChI is InChI=1S/C50H29N3O2/c51-30-36-16-15-35(29-37(36)31-52)32-17-23-38(24-18-32)53(39-25-19-33(20-26-39)41-9-5-11-45-43-7-1-3-13-47(43)54-49(41)45)40-27-21-34(22-28-40)42-10-6-12-46-44-8-2-4-14-48(44)55-50(42)46/h1-29H. The van der Waals surface area contributed by atoms with E-state index in [1.807, 2.05) is 42.5 Å². The van der Waals surface area contributed by atoms with Crippen molar-refractivity contribution in [1.29, 1.82) is 10.5 Å². The van der Waals surface area contributed by atoms with Gasteiger partial charge in [0.15, 0.2) is 0 Å². The van der Waals surface area contributed by atoms with Gasteiger partial charge in [0.05, 0.1) is 11.1 Å². The molecule has 0 amide bonds. The lowest BCUT2D eigenvalue weighted by atomic mass is 9.99. The van der Waals surface area contributed by atoms with Crippen LogP contribution in [-0.2, 0) is 0 Å². The van der Waals surface area contributed by atoms with Crippen LogP contribution in [0, 0.1) is 22.7 Å². The first-order chi connectivity index (χ1) is 27.2. The molecule has 2 heterocycles. The zero-order valence-electron chi connectivity index (χ0n) is 29.4. The molecule has 8 aromatic carbocycles. The van der Waals surface area contributed by atoms with Crippen molar-refractivity contribution in [2.75, 3.05) is 4.90 Å². The molecule has 5 heteroatoms. The van der Waals surface area contributed by atoms with E-state index in [-0.39, 0.29) is 0 Å². The highest BCUT2D eigenvalue weighted by molar-refractivity contribution is 6.10. The summed E-state index contributed by atoms with van der Waals surface area (Å²) in [6.45, 7) is 0. The summed E-state index contributed by atoms with van der Waals surface area (Å²) in [5.41, 5.74) is 13.2. The molecule has 10 rings (SSSR count). The summed E-state index contributed by atoms with van der Waals surface area (Å²) in [7, 11) is 0. The fourth-order valence-electron chi connectivity index (χ4n) is 7.69. The molecule has 0 fully saturated rings. The molecule has 0 aliphatic rings. The third-order valence-electron chi connectivity index (χ3n) is 10.4. The van der Waals surface area contributed by atoms with Crippen molar-refractivity contribution in [2.45, 2.75) is 0 Å². The molecule has 0 aliphatic carbocycles. The molecule has 55 heavy (non-hydrogen) atoms. The van der Waals surface area contributed by atoms with E-state index in [4.69, 9.17) is 8.83 Å². The average Bonchev–Trinajstić information content (AvgIpc) is 3.83. The van der Waals surface area contributed by atoms with Crippen LogP contribution in [0.2, 0.25) is 0 Å². The molecule has 0 saturated carbocycles. The molecule has 0 radical (unpaired) electrons. The van der Waals surface area contributed by atoms with E-state index >= 15 is 0 Å². The third kappa shape index (κ3) is 5.39. The highest BCUT2D eigenvalue weighted by atomic mass is 16.3. The second-order valence-electron chi connectivity index (χ2n) is 13.5. The molecule has 5 nitrogen and oxygen atoms in total. The minimum Gasteiger partial charge on any atom is -0.455 e. The van der Waals surface area contributed by atoms with Gasteiger partial charge in [-0.15, -0.1) is 0 Å². The number of benzene rings is 8. The van der Waals surface area contributed by atoms with Gasteiger partial charge in [0.25, 0.3) is 0 Å². The Morgan fingerprint density at radius 1 is 0.364 bits per heavy atom. The Morgan fingerprint density at radius 3 is 1.25 bits per heavy atom. The predicted octanol–water partition coefficient (Wildman–Crippen LogP) is 13.7. The number of anilines is 3. The molecule has 0 aliphatic heterocycles. The van der Waals surface area contributed by atoms with Gasteiger partial charge < -0.3 is 13.7 Å². The molecule has 0 bridgehead atoms. The van der Waals surface area contributed by atoms with Crippen LogP contribution in [0.5, 0.6) is 0 Å². The van der Waals surface area contributed by atoms with E-state index in [9.17, 15) is 10.5 Å². The van der Waals surface area contributed by atoms with Crippen molar-refractivity contribution in [2.24, 2.45) is 0 Å². The van der Waals surface area contributed by atoms with Gasteiger partial charge in [-0.3, -0.25) is 0 Å². The van der Waals surface area contributed by atoms with Crippen molar-refractivity contribution in [1.82, 2.24) is 0 Å². The fourth-order valence-corrected chi connectivity index (χ4v) is 7.69. The maximum atomic E-state index is 9.63. The Kier molecular flexibility index (Phi) is 7.51. The van der Waals surface area contributed by atoms with Gasteiger partial charge in [-0.2, -0.15) is 10.5 Å². The Morgan fingerprint density at radius 2 is 0.782 bits per heavy atom. The SMILES string of the molecule is N#Cc1ccc(-c2ccc(N(c3ccc(-c4cccc5c4oc4ccccc45)cc3)c3ccc(-c4cccc5c4oc4ccccc45)cc3)cc2)cc1C#N. The molecule has 256 valence electrons. The number of fused-ring (bicyclic) bond motifs is 6. The average molecular weight is 704 g/mol. The van der Waals surface area contributed by atoms with Crippen LogP contribution in [0.15, 0.2) is 185 Å². The summed E-state index contributed by atoms with van der Waals surface area (Å²) < 4.78 is 12.7. The minimum absolute atomic E-state index is 0.363. The second kappa shape index (κ2) is 13.0. The molecular formula is C50H29N3O2. The fraction of sp³-hybridized carbons (Fsp3) is 0. The summed E-state index contributed by atoms with van der Waals surface area (Å²) in [5.74, 6) is 0. The van der Waals surface area contributed by atoms with Crippen LogP contribution in [-0.4, -0.2) is 0 Å². The smallest absolute Gasteiger partial charge is 0.143 e. The topological polar surface area (TPSA) is 77.1 Å². The summed E-state index contributed by atoms with van der Waals surface area (Å²) in [5, 5.41) is 23.5. The monoisotopic (exact) mass is 703 g/mol. The van der Waals surface area contributed by atoms with Crippen molar-refractivity contribution < 1.29 is 8.83 Å². The summed E-state index contributed by atoms with van der Waals surface area (Å²) in [4.78, 5) is 2.24. The Labute approximate surface area is 316 Å². The highest BCUT2D eigenvalue weighted by Gasteiger charge is 2.17. The first-order valence-corrected chi connectivity index (χ1v) is 18.0. The first-order valence-electron chi connectivity index (χ1n) is 18.0. The third-order valence-corrected chi connectivity index (χ3v) is 10.4. The van der Waals surface area contributed by atoms with Gasteiger partial charge in [-0.25, -0.2) is 0 Å². The number of para-hydroxylation sites is 4. The van der Waals surface area contributed by atoms with Gasteiger partial charge in [0.2, 0.25) is 0 Å². The van der Waals surface area contributed by atoms with Crippen molar-refractivity contribution in [3.63, 3.8) is 0 Å². The van der Waals surface area contributed by atoms with Crippen LogP contribution in [0.3, 0.4) is 0 Å². The van der Waals surface area contributed by atoms with Crippen molar-refractivity contribution >= 4 is 60.9 Å². The number of rotatable bonds is 6. The number of furan rings is 2. The molecule has 2 aromatic heterocycles. The molecular weight excluding hydrogens is 675 g/mol. The van der Waals surface area contributed by atoms with Crippen LogP contribution < -0.4 is 4.90 Å². The predicted molar refractivity (Wildman–Crippen MR) is 221 cm³/mol. The van der Waals surface area contributed by atoms with Crippen LogP contribution >= 0.6 is 0 Å². The molecule has 0 saturated heterocycles. The summed E-state index contributed by atoms with van der Waals surface area (Å²) in [6.07, 6.45) is 0. The molecule has 0 spiro atoms. The molecule has 0 N–H and O–H groups in total. The van der Waals surface area contributed by atoms with Crippen LogP contribution in [0.4, 0.5) is 17.1 Å². The van der Waals surface area contributed by atoms with E-state index < -0.39 is 0 Å². The summed E-state index contributed by atoms with van der Waals surface area (Å²) in [6, 6.07) is 64.0. The van der Waals surface area contributed by atoms with Gasteiger partial charge >= 0.3 is 0 Å². The Bertz CT molecular complexity index is 3000. The quantitative estimate of drug-likeness (QED) is 0.172. The molecule has 0 atom stereocenters. The maximum absolute atomic E-state index is 9.63. The highest BCUT2D eigenvalue weighted by Crippen LogP contribution is 2.41. The lowest BCUT2D eigenvalue weighted by Gasteiger charge is -2.26. The van der Waals surface area contributed by atoms with E-state index in [1.54, 1.807) is 12.1 Å². The van der Waals surface area contributed by atoms with E-state index in [2.05, 4.69) is 138 Å². The van der Waals surface area contributed by atoms with Crippen LogP contribution in [0.1, 0.15) is 11.1 Å². The second-order valence-corrected chi connectivity index (χ2v) is 13.5. The Hall–Kier alpha value is -7.86. The van der Waals surface area contributed by atoms with E-state index in [0.29, 0.717) is 11.1 Å². The summed E-state index contributed by atoms with van der Waals surface area (Å²) >= 11 is 0. The largest absolute Gasteiger partial charge is 0.455 e. The molecule has 10 aromatic rings. The first kappa shape index (κ1) is 31.8. The number of nitriles is 2. The maximum Gasteiger partial charge on any atom is 0.143 e. The normalized spacial score (nSPS) is 11.2. The van der Waals surface area contributed by atoms with Gasteiger partial charge in [-0.05, 0) is 82.9 Å². The van der Waals surface area contributed by atoms with Gasteiger partial charge in [-0.1, -0.05) is 115 Å². The number of nitrogens with zero attached hydrogens (tertiary/aromatic N) is 3. The van der Waals surface area contributed by atoms with E-state index in [0.717, 1.165) is 94.3 Å². The minimum atomic E-state index is 0.363. The van der Waals surface area contributed by atoms with Crippen molar-refractivity contribution in [3.05, 3.63) is 187 Å². The number of hydrogen-bond donors (Lipinski definition) is 0. The van der Waals surface area contributed by atoms with E-state index in [1.165, 1.54) is 0 Å². The van der Waals surface area contributed by atoms with Gasteiger partial charge in [0, 0.05) is 49.7 Å². The number of hydrogen-bond acceptors (Lipinski definition) is 5.